The third kappa shape index (κ3) is 3.03. The zero-order valence-corrected chi connectivity index (χ0v) is 12.1. The maximum Gasteiger partial charge on any atom is 0.234 e. The first-order chi connectivity index (χ1) is 9.95. The number of nitrogens with two attached hydrogens (primary N) is 1. The Morgan fingerprint density at radius 3 is 2.43 bits per heavy atom. The normalized spacial score (nSPS) is 10.7. The molecule has 0 aliphatic rings. The first-order valence-corrected chi connectivity index (χ1v) is 6.62. The van der Waals surface area contributed by atoms with Gasteiger partial charge < -0.3 is 11.1 Å². The predicted octanol–water partition coefficient (Wildman–Crippen LogP) is 3.06. The number of benzene rings is 2. The summed E-state index contributed by atoms with van der Waals surface area (Å²) in [6, 6.07) is 16.4. The van der Waals surface area contributed by atoms with Gasteiger partial charge in [-0.25, -0.2) is 0 Å². The van der Waals surface area contributed by atoms with Crippen LogP contribution >= 0.6 is 0 Å². The molecule has 2 aromatic rings. The summed E-state index contributed by atoms with van der Waals surface area (Å²) in [4.78, 5) is 12.5. The number of nitrogens with zero attached hydrogens (tertiary/aromatic N) is 1. The number of carbonyl (C=O) groups is 1. The van der Waals surface area contributed by atoms with Gasteiger partial charge >= 0.3 is 0 Å². The second kappa shape index (κ2) is 5.68. The summed E-state index contributed by atoms with van der Waals surface area (Å²) in [6.07, 6.45) is 0. The molecule has 4 heteroatoms. The van der Waals surface area contributed by atoms with E-state index in [9.17, 15) is 4.79 Å². The van der Waals surface area contributed by atoms with Crippen LogP contribution in [0.3, 0.4) is 0 Å². The van der Waals surface area contributed by atoms with Crippen LogP contribution in [0.4, 0.5) is 11.4 Å². The Morgan fingerprint density at radius 2 is 1.86 bits per heavy atom. The van der Waals surface area contributed by atoms with Gasteiger partial charge in [-0.2, -0.15) is 5.26 Å². The monoisotopic (exact) mass is 279 g/mol. The van der Waals surface area contributed by atoms with E-state index in [-0.39, 0.29) is 5.91 Å². The van der Waals surface area contributed by atoms with E-state index in [0.29, 0.717) is 16.9 Å². The van der Waals surface area contributed by atoms with Crippen molar-refractivity contribution >= 4 is 17.3 Å². The highest BCUT2D eigenvalue weighted by Crippen LogP contribution is 2.27. The molecule has 0 atom stereocenters. The summed E-state index contributed by atoms with van der Waals surface area (Å²) in [6.45, 7) is 3.72. The first-order valence-electron chi connectivity index (χ1n) is 6.62. The van der Waals surface area contributed by atoms with Crippen LogP contribution in [0.2, 0.25) is 0 Å². The minimum atomic E-state index is -0.679. The van der Waals surface area contributed by atoms with Crippen molar-refractivity contribution in [2.45, 2.75) is 19.3 Å². The van der Waals surface area contributed by atoms with Crippen LogP contribution in [0.25, 0.3) is 0 Å². The smallest absolute Gasteiger partial charge is 0.234 e. The maximum absolute atomic E-state index is 12.5. The highest BCUT2D eigenvalue weighted by atomic mass is 16.2. The topological polar surface area (TPSA) is 78.9 Å². The minimum Gasteiger partial charge on any atom is -0.397 e. The second-order valence-corrected chi connectivity index (χ2v) is 5.36. The van der Waals surface area contributed by atoms with Gasteiger partial charge in [-0.1, -0.05) is 30.3 Å². The Balaban J connectivity index is 2.24. The molecule has 4 nitrogen and oxygen atoms in total. The molecule has 21 heavy (non-hydrogen) atoms. The molecule has 0 fully saturated rings. The van der Waals surface area contributed by atoms with Crippen LogP contribution in [0.5, 0.6) is 0 Å². The summed E-state index contributed by atoms with van der Waals surface area (Å²) in [5.41, 5.74) is 7.47. The predicted molar refractivity (Wildman–Crippen MR) is 83.7 cm³/mol. The maximum atomic E-state index is 12.5. The largest absolute Gasteiger partial charge is 0.397 e. The number of hydrogen-bond donors (Lipinski definition) is 2. The van der Waals surface area contributed by atoms with Crippen molar-refractivity contribution in [1.82, 2.24) is 0 Å². The van der Waals surface area contributed by atoms with E-state index in [0.717, 1.165) is 5.56 Å². The molecule has 0 saturated heterocycles. The Morgan fingerprint density at radius 1 is 1.19 bits per heavy atom. The summed E-state index contributed by atoms with van der Waals surface area (Å²) in [7, 11) is 0. The van der Waals surface area contributed by atoms with E-state index in [2.05, 4.69) is 5.32 Å². The molecule has 2 rings (SSSR count). The average molecular weight is 279 g/mol. The molecule has 0 radical (unpaired) electrons. The number of carbonyl (C=O) groups excluding carboxylic acids is 1. The molecule has 3 N–H and O–H groups in total. The van der Waals surface area contributed by atoms with E-state index < -0.39 is 5.41 Å². The summed E-state index contributed by atoms with van der Waals surface area (Å²) < 4.78 is 0. The van der Waals surface area contributed by atoms with Crippen LogP contribution in [0.1, 0.15) is 25.0 Å². The quantitative estimate of drug-likeness (QED) is 0.847. The van der Waals surface area contributed by atoms with E-state index in [1.54, 1.807) is 18.2 Å². The fraction of sp³-hybridized carbons (Fsp3) is 0.176. The minimum absolute atomic E-state index is 0.148. The molecule has 106 valence electrons. The van der Waals surface area contributed by atoms with E-state index in [1.165, 1.54) is 0 Å². The van der Waals surface area contributed by atoms with Gasteiger partial charge in [0.1, 0.15) is 0 Å². The fourth-order valence-electron chi connectivity index (χ4n) is 2.01. The summed E-state index contributed by atoms with van der Waals surface area (Å²) >= 11 is 0. The number of rotatable bonds is 3. The molecule has 2 aromatic carbocycles. The number of amides is 1. The van der Waals surface area contributed by atoms with Crippen molar-refractivity contribution in [1.29, 1.82) is 5.26 Å². The number of nitriles is 1. The van der Waals surface area contributed by atoms with Gasteiger partial charge in [-0.05, 0) is 37.6 Å². The zero-order chi connectivity index (χ0) is 15.5. The standard InChI is InChI=1S/C17H17N3O/c1-17(2,13-6-4-3-5-7-13)16(21)20-15-9-8-12(11-18)10-14(15)19/h3-10H,19H2,1-2H3,(H,20,21). The first kappa shape index (κ1) is 14.6. The van der Waals surface area contributed by atoms with E-state index >= 15 is 0 Å². The van der Waals surface area contributed by atoms with E-state index in [1.807, 2.05) is 50.2 Å². The second-order valence-electron chi connectivity index (χ2n) is 5.36. The number of nitrogen functional groups attached to an aromatic ring is 1. The van der Waals surface area contributed by atoms with E-state index in [4.69, 9.17) is 11.0 Å². The molecular formula is C17H17N3O. The lowest BCUT2D eigenvalue weighted by Gasteiger charge is -2.24. The van der Waals surface area contributed by atoms with Crippen LogP contribution in [0, 0.1) is 11.3 Å². The van der Waals surface area contributed by atoms with Gasteiger partial charge in [0.15, 0.2) is 0 Å². The summed E-state index contributed by atoms with van der Waals surface area (Å²) in [5, 5.41) is 11.6. The molecule has 0 aliphatic carbocycles. The van der Waals surface area contributed by atoms with Crippen molar-refractivity contribution in [2.24, 2.45) is 0 Å². The third-order valence-electron chi connectivity index (χ3n) is 3.49. The Labute approximate surface area is 124 Å². The molecular weight excluding hydrogens is 262 g/mol. The van der Waals surface area contributed by atoms with Gasteiger partial charge in [0.25, 0.3) is 0 Å². The van der Waals surface area contributed by atoms with Gasteiger partial charge in [-0.3, -0.25) is 4.79 Å². The number of anilines is 2. The van der Waals surface area contributed by atoms with Crippen LogP contribution in [0.15, 0.2) is 48.5 Å². The summed E-state index contributed by atoms with van der Waals surface area (Å²) in [5.74, 6) is -0.148. The lowest BCUT2D eigenvalue weighted by Crippen LogP contribution is -2.34. The lowest BCUT2D eigenvalue weighted by molar-refractivity contribution is -0.120. The zero-order valence-electron chi connectivity index (χ0n) is 12.1. The molecule has 0 heterocycles. The van der Waals surface area contributed by atoms with Crippen molar-refractivity contribution in [3.8, 4) is 6.07 Å². The van der Waals surface area contributed by atoms with Crippen LogP contribution in [-0.4, -0.2) is 5.91 Å². The average Bonchev–Trinajstić information content (AvgIpc) is 2.50. The SMILES string of the molecule is CC(C)(C(=O)Nc1ccc(C#N)cc1N)c1ccccc1. The molecule has 0 unspecified atom stereocenters. The number of nitrogens with one attached hydrogen (secondary N) is 1. The fourth-order valence-corrected chi connectivity index (χ4v) is 2.01. The molecule has 0 bridgehead atoms. The molecule has 1 amide bonds. The highest BCUT2D eigenvalue weighted by molar-refractivity contribution is 6.00. The van der Waals surface area contributed by atoms with Crippen LogP contribution < -0.4 is 11.1 Å². The Hall–Kier alpha value is -2.80. The Bertz CT molecular complexity index is 700. The van der Waals surface area contributed by atoms with Crippen molar-refractivity contribution < 1.29 is 4.79 Å². The van der Waals surface area contributed by atoms with Crippen molar-refractivity contribution in [3.63, 3.8) is 0 Å². The lowest BCUT2D eigenvalue weighted by atomic mass is 9.83. The van der Waals surface area contributed by atoms with Gasteiger partial charge in [0, 0.05) is 0 Å². The molecule has 0 aromatic heterocycles. The van der Waals surface area contributed by atoms with Crippen molar-refractivity contribution in [3.05, 3.63) is 59.7 Å². The highest BCUT2D eigenvalue weighted by Gasteiger charge is 2.29. The van der Waals surface area contributed by atoms with Gasteiger partial charge in [-0.15, -0.1) is 0 Å². The third-order valence-corrected chi connectivity index (χ3v) is 3.49. The molecule has 0 aliphatic heterocycles. The molecule has 0 spiro atoms. The van der Waals surface area contributed by atoms with Gasteiger partial charge in [0.05, 0.1) is 28.4 Å². The number of hydrogen-bond acceptors (Lipinski definition) is 3. The van der Waals surface area contributed by atoms with Gasteiger partial charge in [0.2, 0.25) is 5.91 Å². The van der Waals surface area contributed by atoms with Crippen LogP contribution in [-0.2, 0) is 10.2 Å². The van der Waals surface area contributed by atoms with Crippen molar-refractivity contribution in [2.75, 3.05) is 11.1 Å². The molecule has 0 saturated carbocycles. The Kier molecular flexibility index (Phi) is 3.95.